The SMILES string of the molecule is COCc1cc(N2CC[C@@H](C(=O)O)C2)nc(C)n1. The number of carboxylic acids is 1. The van der Waals surface area contributed by atoms with Crippen molar-refractivity contribution in [3.8, 4) is 0 Å². The van der Waals surface area contributed by atoms with Crippen molar-refractivity contribution in [2.45, 2.75) is 20.0 Å². The summed E-state index contributed by atoms with van der Waals surface area (Å²) >= 11 is 0. The first kappa shape index (κ1) is 12.8. The van der Waals surface area contributed by atoms with E-state index >= 15 is 0 Å². The lowest BCUT2D eigenvalue weighted by Crippen LogP contribution is -2.24. The highest BCUT2D eigenvalue weighted by molar-refractivity contribution is 5.71. The first-order valence-electron chi connectivity index (χ1n) is 5.91. The zero-order chi connectivity index (χ0) is 13.1. The summed E-state index contributed by atoms with van der Waals surface area (Å²) in [5.41, 5.74) is 0.818. The van der Waals surface area contributed by atoms with Crippen molar-refractivity contribution < 1.29 is 14.6 Å². The fraction of sp³-hybridized carbons (Fsp3) is 0.583. The number of carbonyl (C=O) groups is 1. The second kappa shape index (κ2) is 5.30. The van der Waals surface area contributed by atoms with Gasteiger partial charge in [0, 0.05) is 26.3 Å². The van der Waals surface area contributed by atoms with Gasteiger partial charge in [0.1, 0.15) is 11.6 Å². The zero-order valence-electron chi connectivity index (χ0n) is 10.6. The van der Waals surface area contributed by atoms with Gasteiger partial charge in [0.2, 0.25) is 0 Å². The molecule has 1 fully saturated rings. The topological polar surface area (TPSA) is 75.5 Å². The van der Waals surface area contributed by atoms with E-state index < -0.39 is 5.97 Å². The van der Waals surface area contributed by atoms with Crippen molar-refractivity contribution in [2.75, 3.05) is 25.1 Å². The molecule has 2 rings (SSSR count). The molecule has 18 heavy (non-hydrogen) atoms. The maximum atomic E-state index is 10.9. The van der Waals surface area contributed by atoms with Gasteiger partial charge in [-0.05, 0) is 13.3 Å². The van der Waals surface area contributed by atoms with Crippen LogP contribution in [0.3, 0.4) is 0 Å². The lowest BCUT2D eigenvalue weighted by atomic mass is 10.1. The van der Waals surface area contributed by atoms with Crippen molar-refractivity contribution in [3.63, 3.8) is 0 Å². The van der Waals surface area contributed by atoms with Gasteiger partial charge < -0.3 is 14.7 Å². The van der Waals surface area contributed by atoms with Crippen LogP contribution >= 0.6 is 0 Å². The molecule has 1 aromatic rings. The first-order valence-corrected chi connectivity index (χ1v) is 5.91. The van der Waals surface area contributed by atoms with E-state index in [0.29, 0.717) is 25.4 Å². The number of hydrogen-bond acceptors (Lipinski definition) is 5. The molecular weight excluding hydrogens is 234 g/mol. The Bertz CT molecular complexity index is 450. The van der Waals surface area contributed by atoms with Gasteiger partial charge >= 0.3 is 5.97 Å². The largest absolute Gasteiger partial charge is 0.481 e. The molecule has 6 nitrogen and oxygen atoms in total. The van der Waals surface area contributed by atoms with E-state index in [0.717, 1.165) is 18.1 Å². The lowest BCUT2D eigenvalue weighted by Gasteiger charge is -2.17. The van der Waals surface area contributed by atoms with Gasteiger partial charge in [-0.3, -0.25) is 4.79 Å². The summed E-state index contributed by atoms with van der Waals surface area (Å²) in [5, 5.41) is 8.99. The van der Waals surface area contributed by atoms with Crippen molar-refractivity contribution in [1.82, 2.24) is 9.97 Å². The van der Waals surface area contributed by atoms with Gasteiger partial charge in [0.25, 0.3) is 0 Å². The summed E-state index contributed by atoms with van der Waals surface area (Å²) in [5.74, 6) is 0.433. The summed E-state index contributed by atoms with van der Waals surface area (Å²) in [6.07, 6.45) is 0.665. The Morgan fingerprint density at radius 1 is 1.61 bits per heavy atom. The van der Waals surface area contributed by atoms with Gasteiger partial charge in [-0.25, -0.2) is 9.97 Å². The van der Waals surface area contributed by atoms with Crippen LogP contribution in [-0.4, -0.2) is 41.2 Å². The van der Waals surface area contributed by atoms with Crippen LogP contribution in [0.1, 0.15) is 17.9 Å². The van der Waals surface area contributed by atoms with E-state index in [-0.39, 0.29) is 5.92 Å². The zero-order valence-corrected chi connectivity index (χ0v) is 10.6. The molecule has 1 N–H and O–H groups in total. The Morgan fingerprint density at radius 3 is 3.00 bits per heavy atom. The van der Waals surface area contributed by atoms with Gasteiger partial charge in [-0.2, -0.15) is 0 Å². The normalized spacial score (nSPS) is 19.2. The maximum Gasteiger partial charge on any atom is 0.308 e. The number of hydrogen-bond donors (Lipinski definition) is 1. The maximum absolute atomic E-state index is 10.9. The molecule has 0 aliphatic carbocycles. The molecule has 1 aliphatic heterocycles. The Balaban J connectivity index is 2.16. The molecule has 1 atom stereocenters. The van der Waals surface area contributed by atoms with Crippen LogP contribution in [0.2, 0.25) is 0 Å². The Hall–Kier alpha value is -1.69. The minimum atomic E-state index is -0.736. The number of ether oxygens (including phenoxy) is 1. The molecule has 98 valence electrons. The number of methoxy groups -OCH3 is 1. The highest BCUT2D eigenvalue weighted by Crippen LogP contribution is 2.23. The number of nitrogens with zero attached hydrogens (tertiary/aromatic N) is 3. The molecule has 1 saturated heterocycles. The lowest BCUT2D eigenvalue weighted by molar-refractivity contribution is -0.140. The third-order valence-corrected chi connectivity index (χ3v) is 3.03. The van der Waals surface area contributed by atoms with Crippen molar-refractivity contribution in [2.24, 2.45) is 5.92 Å². The van der Waals surface area contributed by atoms with Crippen LogP contribution in [0, 0.1) is 12.8 Å². The first-order chi connectivity index (χ1) is 8.60. The van der Waals surface area contributed by atoms with Crippen molar-refractivity contribution in [3.05, 3.63) is 17.6 Å². The average Bonchev–Trinajstić information content (AvgIpc) is 2.78. The minimum absolute atomic E-state index is 0.300. The molecule has 1 aliphatic rings. The summed E-state index contributed by atoms with van der Waals surface area (Å²) < 4.78 is 5.06. The quantitative estimate of drug-likeness (QED) is 0.854. The third kappa shape index (κ3) is 2.76. The molecule has 0 bridgehead atoms. The highest BCUT2D eigenvalue weighted by Gasteiger charge is 2.28. The predicted octanol–water partition coefficient (Wildman–Crippen LogP) is 0.842. The Labute approximate surface area is 106 Å². The monoisotopic (exact) mass is 251 g/mol. The predicted molar refractivity (Wildman–Crippen MR) is 65.4 cm³/mol. The number of aliphatic carboxylic acids is 1. The van der Waals surface area contributed by atoms with Crippen LogP contribution in [0.5, 0.6) is 0 Å². The molecule has 0 saturated carbocycles. The summed E-state index contributed by atoms with van der Waals surface area (Å²) in [6, 6.07) is 1.86. The summed E-state index contributed by atoms with van der Waals surface area (Å²) in [6.45, 7) is 3.50. The van der Waals surface area contributed by atoms with E-state index in [9.17, 15) is 4.79 Å². The second-order valence-electron chi connectivity index (χ2n) is 4.47. The van der Waals surface area contributed by atoms with Crippen molar-refractivity contribution in [1.29, 1.82) is 0 Å². The van der Waals surface area contributed by atoms with Crippen LogP contribution in [0.15, 0.2) is 6.07 Å². The van der Waals surface area contributed by atoms with Gasteiger partial charge in [0.15, 0.2) is 0 Å². The second-order valence-corrected chi connectivity index (χ2v) is 4.47. The van der Waals surface area contributed by atoms with E-state index in [4.69, 9.17) is 9.84 Å². The van der Waals surface area contributed by atoms with Crippen molar-refractivity contribution >= 4 is 11.8 Å². The van der Waals surface area contributed by atoms with Crippen LogP contribution in [0.25, 0.3) is 0 Å². The fourth-order valence-corrected chi connectivity index (χ4v) is 2.17. The molecule has 0 radical (unpaired) electrons. The molecule has 1 aromatic heterocycles. The number of rotatable bonds is 4. The molecular formula is C12H17N3O3. The summed E-state index contributed by atoms with van der Waals surface area (Å²) in [4.78, 5) is 21.6. The van der Waals surface area contributed by atoms with Crippen LogP contribution < -0.4 is 4.90 Å². The van der Waals surface area contributed by atoms with Gasteiger partial charge in [0.05, 0.1) is 18.2 Å². The molecule has 0 aromatic carbocycles. The van der Waals surface area contributed by atoms with E-state index in [1.807, 2.05) is 17.9 Å². The molecule has 0 spiro atoms. The average molecular weight is 251 g/mol. The van der Waals surface area contributed by atoms with E-state index in [1.54, 1.807) is 7.11 Å². The standard InChI is InChI=1S/C12H17N3O3/c1-8-13-10(7-18-2)5-11(14-8)15-4-3-9(6-15)12(16)17/h5,9H,3-4,6-7H2,1-2H3,(H,16,17)/t9-/m1/s1. The molecule has 0 unspecified atom stereocenters. The minimum Gasteiger partial charge on any atom is -0.481 e. The van der Waals surface area contributed by atoms with Gasteiger partial charge in [-0.15, -0.1) is 0 Å². The number of carboxylic acid groups (broad SMARTS) is 1. The van der Waals surface area contributed by atoms with Crippen LogP contribution in [-0.2, 0) is 16.1 Å². The fourth-order valence-electron chi connectivity index (χ4n) is 2.17. The Morgan fingerprint density at radius 2 is 2.39 bits per heavy atom. The Kier molecular flexibility index (Phi) is 3.76. The number of aromatic nitrogens is 2. The van der Waals surface area contributed by atoms with E-state index in [2.05, 4.69) is 9.97 Å². The number of anilines is 1. The number of aryl methyl sites for hydroxylation is 1. The smallest absolute Gasteiger partial charge is 0.308 e. The molecule has 6 heteroatoms. The summed E-state index contributed by atoms with van der Waals surface area (Å²) in [7, 11) is 1.62. The highest BCUT2D eigenvalue weighted by atomic mass is 16.5. The van der Waals surface area contributed by atoms with E-state index in [1.165, 1.54) is 0 Å². The molecule has 0 amide bonds. The van der Waals surface area contributed by atoms with Crippen LogP contribution in [0.4, 0.5) is 5.82 Å². The third-order valence-electron chi connectivity index (χ3n) is 3.03. The molecule has 2 heterocycles. The van der Waals surface area contributed by atoms with Gasteiger partial charge in [-0.1, -0.05) is 0 Å².